The van der Waals surface area contributed by atoms with Crippen molar-refractivity contribution in [1.82, 2.24) is 5.32 Å². The summed E-state index contributed by atoms with van der Waals surface area (Å²) in [6.07, 6.45) is 0.483. The molecule has 0 aliphatic carbocycles. The summed E-state index contributed by atoms with van der Waals surface area (Å²) < 4.78 is 5.72. The van der Waals surface area contributed by atoms with Gasteiger partial charge in [0.25, 0.3) is 0 Å². The van der Waals surface area contributed by atoms with E-state index in [-0.39, 0.29) is 5.91 Å². The molecule has 1 amide bonds. The summed E-state index contributed by atoms with van der Waals surface area (Å²) in [7, 11) is 0. The highest BCUT2D eigenvalue weighted by atomic mass is 35.5. The Labute approximate surface area is 152 Å². The molecule has 0 heterocycles. The zero-order chi connectivity index (χ0) is 17.4. The number of hydrogen-bond donors (Lipinski definition) is 1. The van der Waals surface area contributed by atoms with Crippen molar-refractivity contribution in [3.63, 3.8) is 0 Å². The van der Waals surface area contributed by atoms with E-state index in [1.807, 2.05) is 50.2 Å². The maximum atomic E-state index is 11.8. The number of rotatable bonds is 8. The number of halogens is 1. The predicted octanol–water partition coefficient (Wildman–Crippen LogP) is 4.63. The average Bonchev–Trinajstić information content (AvgIpc) is 2.56. The number of benzene rings is 2. The highest BCUT2D eigenvalue weighted by Gasteiger charge is 2.03. The number of carbonyl (C=O) groups is 1. The summed E-state index contributed by atoms with van der Waals surface area (Å²) >= 11 is 7.49. The van der Waals surface area contributed by atoms with Gasteiger partial charge in [0.2, 0.25) is 5.91 Å². The second-order valence-electron chi connectivity index (χ2n) is 5.52. The van der Waals surface area contributed by atoms with Crippen molar-refractivity contribution in [3.8, 4) is 5.75 Å². The number of aryl methyl sites for hydroxylation is 2. The lowest BCUT2D eigenvalue weighted by Gasteiger charge is -2.10. The summed E-state index contributed by atoms with van der Waals surface area (Å²) in [6.45, 7) is 5.03. The largest absolute Gasteiger partial charge is 0.491 e. The molecule has 0 spiro atoms. The topological polar surface area (TPSA) is 38.3 Å². The zero-order valence-electron chi connectivity index (χ0n) is 14.0. The lowest BCUT2D eigenvalue weighted by atomic mass is 10.1. The van der Waals surface area contributed by atoms with Crippen LogP contribution in [-0.4, -0.2) is 24.8 Å². The molecule has 128 valence electrons. The van der Waals surface area contributed by atoms with Gasteiger partial charge in [-0.2, -0.15) is 0 Å². The van der Waals surface area contributed by atoms with E-state index in [4.69, 9.17) is 16.3 Å². The fraction of sp³-hybridized carbons (Fsp3) is 0.316. The fourth-order valence-corrected chi connectivity index (χ4v) is 3.07. The molecule has 3 nitrogen and oxygen atoms in total. The number of carbonyl (C=O) groups excluding carboxylic acids is 1. The van der Waals surface area contributed by atoms with Crippen LogP contribution in [0.2, 0.25) is 5.02 Å². The van der Waals surface area contributed by atoms with E-state index < -0.39 is 0 Å². The lowest BCUT2D eigenvalue weighted by molar-refractivity contribution is -0.120. The SMILES string of the molecule is Cc1ccc(C)c(OCCNC(=O)CCSc2ccc(Cl)cc2)c1. The van der Waals surface area contributed by atoms with Gasteiger partial charge in [0, 0.05) is 22.1 Å². The standard InChI is InChI=1S/C19H22ClNO2S/c1-14-3-4-15(2)18(13-14)23-11-10-21-19(22)9-12-24-17-7-5-16(20)6-8-17/h3-8,13H,9-12H2,1-2H3,(H,21,22). The number of ether oxygens (including phenoxy) is 1. The van der Waals surface area contributed by atoms with Crippen LogP contribution in [-0.2, 0) is 4.79 Å². The van der Waals surface area contributed by atoms with Crippen LogP contribution in [0.15, 0.2) is 47.4 Å². The van der Waals surface area contributed by atoms with Crippen molar-refractivity contribution in [3.05, 3.63) is 58.6 Å². The van der Waals surface area contributed by atoms with Gasteiger partial charge < -0.3 is 10.1 Å². The molecule has 0 aliphatic heterocycles. The third-order valence-corrected chi connectivity index (χ3v) is 4.70. The van der Waals surface area contributed by atoms with Gasteiger partial charge >= 0.3 is 0 Å². The second kappa shape index (κ2) is 9.60. The molecule has 2 aromatic rings. The number of amides is 1. The summed E-state index contributed by atoms with van der Waals surface area (Å²) in [5.74, 6) is 1.66. The quantitative estimate of drug-likeness (QED) is 0.548. The fourth-order valence-electron chi connectivity index (χ4n) is 2.10. The van der Waals surface area contributed by atoms with E-state index >= 15 is 0 Å². The maximum absolute atomic E-state index is 11.8. The lowest BCUT2D eigenvalue weighted by Crippen LogP contribution is -2.28. The number of hydrogen-bond acceptors (Lipinski definition) is 3. The van der Waals surface area contributed by atoms with E-state index in [1.165, 1.54) is 5.56 Å². The van der Waals surface area contributed by atoms with Crippen LogP contribution < -0.4 is 10.1 Å². The van der Waals surface area contributed by atoms with Gasteiger partial charge in [0.1, 0.15) is 12.4 Å². The first-order chi connectivity index (χ1) is 11.5. The minimum Gasteiger partial charge on any atom is -0.491 e. The molecule has 0 fully saturated rings. The monoisotopic (exact) mass is 363 g/mol. The van der Waals surface area contributed by atoms with Gasteiger partial charge in [-0.1, -0.05) is 23.7 Å². The molecular weight excluding hydrogens is 342 g/mol. The second-order valence-corrected chi connectivity index (χ2v) is 7.12. The molecule has 0 saturated heterocycles. The van der Waals surface area contributed by atoms with Gasteiger partial charge in [-0.15, -0.1) is 11.8 Å². The van der Waals surface area contributed by atoms with Crippen LogP contribution in [0, 0.1) is 13.8 Å². The Kier molecular flexibility index (Phi) is 7.47. The van der Waals surface area contributed by atoms with Gasteiger partial charge in [0.15, 0.2) is 0 Å². The van der Waals surface area contributed by atoms with E-state index in [0.717, 1.165) is 27.0 Å². The van der Waals surface area contributed by atoms with Crippen LogP contribution >= 0.6 is 23.4 Å². The van der Waals surface area contributed by atoms with E-state index in [2.05, 4.69) is 11.4 Å². The minimum atomic E-state index is 0.0426. The molecular formula is C19H22ClNO2S. The molecule has 2 rings (SSSR count). The normalized spacial score (nSPS) is 10.5. The molecule has 1 N–H and O–H groups in total. The Morgan fingerprint density at radius 2 is 1.92 bits per heavy atom. The van der Waals surface area contributed by atoms with Crippen molar-refractivity contribution in [2.45, 2.75) is 25.2 Å². The first kappa shape index (κ1) is 18.7. The van der Waals surface area contributed by atoms with E-state index in [0.29, 0.717) is 19.6 Å². The molecule has 24 heavy (non-hydrogen) atoms. The highest BCUT2D eigenvalue weighted by molar-refractivity contribution is 7.99. The minimum absolute atomic E-state index is 0.0426. The third-order valence-electron chi connectivity index (χ3n) is 3.44. The Morgan fingerprint density at radius 1 is 1.17 bits per heavy atom. The third kappa shape index (κ3) is 6.46. The Balaban J connectivity index is 1.61. The molecule has 0 radical (unpaired) electrons. The number of thioether (sulfide) groups is 1. The summed E-state index contributed by atoms with van der Waals surface area (Å²) in [6, 6.07) is 13.7. The summed E-state index contributed by atoms with van der Waals surface area (Å²) in [5.41, 5.74) is 2.27. The molecule has 0 aromatic heterocycles. The molecule has 0 saturated carbocycles. The summed E-state index contributed by atoms with van der Waals surface area (Å²) in [5, 5.41) is 3.61. The van der Waals surface area contributed by atoms with Crippen molar-refractivity contribution >= 4 is 29.3 Å². The first-order valence-corrected chi connectivity index (χ1v) is 9.26. The van der Waals surface area contributed by atoms with E-state index in [1.54, 1.807) is 11.8 Å². The van der Waals surface area contributed by atoms with Crippen molar-refractivity contribution in [1.29, 1.82) is 0 Å². The van der Waals surface area contributed by atoms with Crippen LogP contribution in [0.1, 0.15) is 17.5 Å². The molecule has 0 aliphatic rings. The molecule has 0 atom stereocenters. The van der Waals surface area contributed by atoms with E-state index in [9.17, 15) is 4.79 Å². The van der Waals surface area contributed by atoms with Crippen LogP contribution in [0.25, 0.3) is 0 Å². The van der Waals surface area contributed by atoms with Crippen molar-refractivity contribution in [2.75, 3.05) is 18.9 Å². The van der Waals surface area contributed by atoms with Gasteiger partial charge in [-0.05, 0) is 55.3 Å². The molecule has 5 heteroatoms. The maximum Gasteiger partial charge on any atom is 0.220 e. The zero-order valence-corrected chi connectivity index (χ0v) is 15.5. The van der Waals surface area contributed by atoms with Crippen LogP contribution in [0.3, 0.4) is 0 Å². The Bertz CT molecular complexity index is 674. The van der Waals surface area contributed by atoms with Crippen LogP contribution in [0.5, 0.6) is 5.75 Å². The highest BCUT2D eigenvalue weighted by Crippen LogP contribution is 2.21. The average molecular weight is 364 g/mol. The molecule has 0 unspecified atom stereocenters. The van der Waals surface area contributed by atoms with Crippen LogP contribution in [0.4, 0.5) is 0 Å². The number of nitrogens with one attached hydrogen (secondary N) is 1. The van der Waals surface area contributed by atoms with Gasteiger partial charge in [-0.3, -0.25) is 4.79 Å². The Hall–Kier alpha value is -1.65. The van der Waals surface area contributed by atoms with Gasteiger partial charge in [0.05, 0.1) is 6.54 Å². The smallest absolute Gasteiger partial charge is 0.220 e. The first-order valence-electron chi connectivity index (χ1n) is 7.90. The predicted molar refractivity (Wildman–Crippen MR) is 101 cm³/mol. The molecule has 0 bridgehead atoms. The van der Waals surface area contributed by atoms with Crippen molar-refractivity contribution in [2.24, 2.45) is 0 Å². The summed E-state index contributed by atoms with van der Waals surface area (Å²) in [4.78, 5) is 12.9. The molecule has 2 aromatic carbocycles. The Morgan fingerprint density at radius 3 is 2.67 bits per heavy atom. The van der Waals surface area contributed by atoms with Crippen molar-refractivity contribution < 1.29 is 9.53 Å². The van der Waals surface area contributed by atoms with Gasteiger partial charge in [-0.25, -0.2) is 0 Å².